The Bertz CT molecular complexity index is 1300. The molecule has 8 nitrogen and oxygen atoms in total. The molecule has 2 aromatic rings. The summed E-state index contributed by atoms with van der Waals surface area (Å²) in [6, 6.07) is 13.3. The summed E-state index contributed by atoms with van der Waals surface area (Å²) >= 11 is 1.46. The molecule has 0 aliphatic carbocycles. The lowest BCUT2D eigenvalue weighted by molar-refractivity contribution is -0.136. The van der Waals surface area contributed by atoms with Crippen molar-refractivity contribution in [1.29, 1.82) is 0 Å². The molecular weight excluding hydrogens is 478 g/mol. The summed E-state index contributed by atoms with van der Waals surface area (Å²) in [6.07, 6.45) is 0.741. The zero-order chi connectivity index (χ0) is 25.2. The molecule has 0 spiro atoms. The van der Waals surface area contributed by atoms with E-state index in [1.54, 1.807) is 0 Å². The second-order valence-electron chi connectivity index (χ2n) is 8.65. The van der Waals surface area contributed by atoms with Gasteiger partial charge in [-0.2, -0.15) is 0 Å². The summed E-state index contributed by atoms with van der Waals surface area (Å²) in [4.78, 5) is 32.7. The summed E-state index contributed by atoms with van der Waals surface area (Å²) in [5.74, 6) is 0.843. The summed E-state index contributed by atoms with van der Waals surface area (Å²) in [7, 11) is 1.38. The van der Waals surface area contributed by atoms with Gasteiger partial charge in [0.2, 0.25) is 12.7 Å². The second kappa shape index (κ2) is 10.1. The quantitative estimate of drug-likeness (QED) is 0.552. The monoisotopic (exact) mass is 505 g/mol. The van der Waals surface area contributed by atoms with Crippen LogP contribution in [0, 0.1) is 6.92 Å². The van der Waals surface area contributed by atoms with E-state index in [2.05, 4.69) is 5.32 Å². The molecule has 1 atom stereocenters. The van der Waals surface area contributed by atoms with Crippen molar-refractivity contribution in [2.75, 3.05) is 13.9 Å². The molecule has 3 aliphatic heterocycles. The molecule has 0 saturated heterocycles. The predicted octanol–water partition coefficient (Wildman–Crippen LogP) is 4.57. The summed E-state index contributed by atoms with van der Waals surface area (Å²) in [5.41, 5.74) is 4.97. The first kappa shape index (κ1) is 24.0. The second-order valence-corrected chi connectivity index (χ2v) is 9.49. The average Bonchev–Trinajstić information content (AvgIpc) is 3.53. The van der Waals surface area contributed by atoms with Gasteiger partial charge in [0.1, 0.15) is 0 Å². The van der Waals surface area contributed by atoms with Gasteiger partial charge in [-0.25, -0.2) is 9.79 Å². The van der Waals surface area contributed by atoms with Crippen molar-refractivity contribution in [3.8, 4) is 11.5 Å². The standard InChI is InChI=1S/C27H27N3O5S/c1-4-20-24(26(32)33-3)25(18-8-5-16(2)6-9-18)30-19(14-36-27(30)29-20)12-23(31)28-13-17-7-10-21-22(11-17)35-15-34-21/h5-11,14,25H,4,12-13,15H2,1-3H3,(H,28,31). The Kier molecular flexibility index (Phi) is 6.73. The number of hydrogen-bond acceptors (Lipinski definition) is 8. The molecule has 9 heteroatoms. The van der Waals surface area contributed by atoms with Crippen molar-refractivity contribution in [2.24, 2.45) is 4.99 Å². The van der Waals surface area contributed by atoms with Crippen molar-refractivity contribution < 1.29 is 23.8 Å². The number of nitrogens with one attached hydrogen (secondary N) is 1. The van der Waals surface area contributed by atoms with Gasteiger partial charge in [0, 0.05) is 12.2 Å². The van der Waals surface area contributed by atoms with E-state index in [0.717, 1.165) is 27.6 Å². The summed E-state index contributed by atoms with van der Waals surface area (Å²) in [6.45, 7) is 4.57. The van der Waals surface area contributed by atoms with Crippen LogP contribution in [0.4, 0.5) is 0 Å². The minimum Gasteiger partial charge on any atom is -0.466 e. The fraction of sp³-hybridized carbons (Fsp3) is 0.296. The fourth-order valence-corrected chi connectivity index (χ4v) is 5.39. The van der Waals surface area contributed by atoms with E-state index in [0.29, 0.717) is 35.7 Å². The van der Waals surface area contributed by atoms with Crippen LogP contribution in [0.3, 0.4) is 0 Å². The number of aliphatic imine (C=N–C) groups is 1. The molecule has 3 heterocycles. The number of rotatable bonds is 7. The van der Waals surface area contributed by atoms with Gasteiger partial charge in [-0.05, 0) is 42.0 Å². The van der Waals surface area contributed by atoms with E-state index in [4.69, 9.17) is 19.2 Å². The van der Waals surface area contributed by atoms with E-state index in [9.17, 15) is 9.59 Å². The molecule has 0 bridgehead atoms. The highest BCUT2D eigenvalue weighted by Crippen LogP contribution is 2.45. The number of hydrogen-bond donors (Lipinski definition) is 1. The molecule has 0 radical (unpaired) electrons. The topological polar surface area (TPSA) is 89.5 Å². The Morgan fingerprint density at radius 2 is 1.94 bits per heavy atom. The normalized spacial score (nSPS) is 18.0. The highest BCUT2D eigenvalue weighted by Gasteiger charge is 2.41. The van der Waals surface area contributed by atoms with Gasteiger partial charge in [-0.15, -0.1) is 0 Å². The van der Waals surface area contributed by atoms with Crippen LogP contribution < -0.4 is 14.8 Å². The van der Waals surface area contributed by atoms with Gasteiger partial charge in [0.05, 0.1) is 30.8 Å². The third kappa shape index (κ3) is 4.58. The largest absolute Gasteiger partial charge is 0.466 e. The lowest BCUT2D eigenvalue weighted by Crippen LogP contribution is -2.38. The fourth-order valence-electron chi connectivity index (χ4n) is 4.45. The number of nitrogens with zero attached hydrogens (tertiary/aromatic N) is 2. The van der Waals surface area contributed by atoms with Crippen LogP contribution in [0.2, 0.25) is 0 Å². The number of carbonyl (C=O) groups is 2. The molecule has 0 aromatic heterocycles. The number of esters is 1. The van der Waals surface area contributed by atoms with Gasteiger partial charge >= 0.3 is 5.97 Å². The molecule has 3 aliphatic rings. The molecule has 186 valence electrons. The zero-order valence-corrected chi connectivity index (χ0v) is 21.2. The first-order chi connectivity index (χ1) is 17.5. The number of benzene rings is 2. The maximum atomic E-state index is 13.0. The Morgan fingerprint density at radius 1 is 1.17 bits per heavy atom. The third-order valence-electron chi connectivity index (χ3n) is 6.29. The van der Waals surface area contributed by atoms with Crippen LogP contribution in [-0.4, -0.2) is 35.8 Å². The highest BCUT2D eigenvalue weighted by molar-refractivity contribution is 8.16. The number of carbonyl (C=O) groups excluding carboxylic acids is 2. The van der Waals surface area contributed by atoms with E-state index in [1.165, 1.54) is 18.9 Å². The predicted molar refractivity (Wildman–Crippen MR) is 137 cm³/mol. The number of methoxy groups -OCH3 is 1. The Labute approximate surface area is 214 Å². The van der Waals surface area contributed by atoms with Crippen molar-refractivity contribution in [3.05, 3.63) is 81.5 Å². The van der Waals surface area contributed by atoms with E-state index in [-0.39, 0.29) is 19.1 Å². The summed E-state index contributed by atoms with van der Waals surface area (Å²) in [5, 5.41) is 5.68. The number of amidine groups is 1. The summed E-state index contributed by atoms with van der Waals surface area (Å²) < 4.78 is 15.9. The van der Waals surface area contributed by atoms with Crippen molar-refractivity contribution in [2.45, 2.75) is 39.3 Å². The number of aryl methyl sites for hydroxylation is 1. The van der Waals surface area contributed by atoms with Crippen molar-refractivity contribution >= 4 is 28.8 Å². The first-order valence-electron chi connectivity index (χ1n) is 11.7. The highest BCUT2D eigenvalue weighted by atomic mass is 32.2. The molecule has 2 aromatic carbocycles. The molecule has 1 N–H and O–H groups in total. The van der Waals surface area contributed by atoms with Crippen LogP contribution in [0.1, 0.15) is 42.5 Å². The molecule has 0 saturated carbocycles. The molecule has 1 unspecified atom stereocenters. The minimum absolute atomic E-state index is 0.131. The SMILES string of the molecule is CCC1=C(C(=O)OC)C(c2ccc(C)cc2)N2C(CC(=O)NCc3ccc4c(c3)OCO4)=CSC2=N1. The van der Waals surface area contributed by atoms with Gasteiger partial charge in [-0.1, -0.05) is 54.6 Å². The molecule has 36 heavy (non-hydrogen) atoms. The molecular formula is C27H27N3O5S. The zero-order valence-electron chi connectivity index (χ0n) is 20.4. The number of amides is 1. The van der Waals surface area contributed by atoms with Gasteiger partial charge in [0.25, 0.3) is 0 Å². The van der Waals surface area contributed by atoms with E-state index < -0.39 is 12.0 Å². The smallest absolute Gasteiger partial charge is 0.338 e. The maximum Gasteiger partial charge on any atom is 0.338 e. The van der Waals surface area contributed by atoms with Crippen LogP contribution in [0.25, 0.3) is 0 Å². The lowest BCUT2D eigenvalue weighted by atomic mass is 9.92. The molecule has 5 rings (SSSR count). The minimum atomic E-state index is -0.427. The van der Waals surface area contributed by atoms with Gasteiger partial charge < -0.3 is 24.4 Å². The number of thioether (sulfide) groups is 1. The molecule has 0 fully saturated rings. The average molecular weight is 506 g/mol. The van der Waals surface area contributed by atoms with Crippen LogP contribution >= 0.6 is 11.8 Å². The number of allylic oxidation sites excluding steroid dienone is 1. The molecule has 1 amide bonds. The van der Waals surface area contributed by atoms with Crippen LogP contribution in [0.5, 0.6) is 11.5 Å². The Hall–Kier alpha value is -3.72. The van der Waals surface area contributed by atoms with Crippen LogP contribution in [-0.2, 0) is 20.9 Å². The number of fused-ring (bicyclic) bond motifs is 2. The maximum absolute atomic E-state index is 13.0. The van der Waals surface area contributed by atoms with Crippen molar-refractivity contribution in [1.82, 2.24) is 10.2 Å². The van der Waals surface area contributed by atoms with Gasteiger partial charge in [0.15, 0.2) is 16.7 Å². The van der Waals surface area contributed by atoms with Crippen molar-refractivity contribution in [3.63, 3.8) is 0 Å². The van der Waals surface area contributed by atoms with E-state index in [1.807, 2.05) is 66.6 Å². The number of ether oxygens (including phenoxy) is 3. The Balaban J connectivity index is 1.38. The van der Waals surface area contributed by atoms with E-state index >= 15 is 0 Å². The first-order valence-corrected chi connectivity index (χ1v) is 12.6. The van der Waals surface area contributed by atoms with Gasteiger partial charge in [-0.3, -0.25) is 4.79 Å². The lowest BCUT2D eigenvalue weighted by Gasteiger charge is -2.36. The Morgan fingerprint density at radius 3 is 2.69 bits per heavy atom. The van der Waals surface area contributed by atoms with Crippen LogP contribution in [0.15, 0.2) is 69.8 Å². The third-order valence-corrected chi connectivity index (χ3v) is 7.18.